The minimum atomic E-state index is -0.251. The Morgan fingerprint density at radius 1 is 1.09 bits per heavy atom. The highest BCUT2D eigenvalue weighted by molar-refractivity contribution is 6.05. The van der Waals surface area contributed by atoms with Crippen molar-refractivity contribution in [3.8, 4) is 34.1 Å². The number of pyridine rings is 1. The molecule has 0 aliphatic heterocycles. The quantitative estimate of drug-likeness (QED) is 0.321. The van der Waals surface area contributed by atoms with Gasteiger partial charge in [-0.2, -0.15) is 5.10 Å². The van der Waals surface area contributed by atoms with Gasteiger partial charge >= 0.3 is 0 Å². The van der Waals surface area contributed by atoms with E-state index in [1.807, 2.05) is 32.0 Å². The summed E-state index contributed by atoms with van der Waals surface area (Å²) in [6, 6.07) is 16.1. The van der Waals surface area contributed by atoms with E-state index in [9.17, 15) is 9.90 Å². The molecule has 0 radical (unpaired) electrons. The van der Waals surface area contributed by atoms with Crippen molar-refractivity contribution in [2.75, 3.05) is 12.4 Å². The fourth-order valence-corrected chi connectivity index (χ4v) is 3.96. The summed E-state index contributed by atoms with van der Waals surface area (Å²) in [5, 5.41) is 17.7. The first-order chi connectivity index (χ1) is 16.9. The number of H-pyrrole nitrogens is 1. The van der Waals surface area contributed by atoms with Crippen molar-refractivity contribution in [3.63, 3.8) is 0 Å². The highest BCUT2D eigenvalue weighted by Gasteiger charge is 2.16. The van der Waals surface area contributed by atoms with Gasteiger partial charge in [0.15, 0.2) is 0 Å². The number of nitrogens with one attached hydrogen (secondary N) is 2. The molecule has 1 amide bonds. The summed E-state index contributed by atoms with van der Waals surface area (Å²) in [6.45, 7) is 3.99. The highest BCUT2D eigenvalue weighted by atomic mass is 16.5. The van der Waals surface area contributed by atoms with Gasteiger partial charge in [-0.05, 0) is 61.9 Å². The summed E-state index contributed by atoms with van der Waals surface area (Å²) >= 11 is 0. The molecule has 3 N–H and O–H groups in total. The average Bonchev–Trinajstić information content (AvgIpc) is 3.50. The molecule has 176 valence electrons. The standard InChI is InChI=1S/C26H24N6O3/c1-15(2)32-23(10-12-28-32)31-25(34)17-6-8-20-21(14-17)30-24(29-20)19-13-16(7-9-22(19)33)18-5-4-11-27-26(18)35-3/h4-15,33H,1-3H3,(H,29,30)(H,31,34). The molecule has 0 bridgehead atoms. The third-order valence-electron chi connectivity index (χ3n) is 5.67. The number of aromatic amines is 1. The van der Waals surface area contributed by atoms with E-state index >= 15 is 0 Å². The van der Waals surface area contributed by atoms with Gasteiger partial charge < -0.3 is 20.1 Å². The van der Waals surface area contributed by atoms with Gasteiger partial charge in [0.05, 0.1) is 29.9 Å². The fourth-order valence-electron chi connectivity index (χ4n) is 3.96. The number of ether oxygens (including phenoxy) is 1. The Morgan fingerprint density at radius 2 is 1.94 bits per heavy atom. The van der Waals surface area contributed by atoms with E-state index in [0.29, 0.717) is 39.7 Å². The number of amides is 1. The lowest BCUT2D eigenvalue weighted by atomic mass is 10.0. The van der Waals surface area contributed by atoms with E-state index in [1.165, 1.54) is 0 Å². The first kappa shape index (κ1) is 22.1. The van der Waals surface area contributed by atoms with Gasteiger partial charge in [-0.15, -0.1) is 0 Å². The van der Waals surface area contributed by atoms with Crippen LogP contribution < -0.4 is 10.1 Å². The van der Waals surface area contributed by atoms with Crippen molar-refractivity contribution >= 4 is 22.8 Å². The van der Waals surface area contributed by atoms with Crippen LogP contribution in [-0.4, -0.2) is 42.9 Å². The van der Waals surface area contributed by atoms with Crippen molar-refractivity contribution in [1.29, 1.82) is 0 Å². The lowest BCUT2D eigenvalue weighted by Crippen LogP contribution is -2.16. The van der Waals surface area contributed by atoms with Crippen LogP contribution in [0.25, 0.3) is 33.5 Å². The van der Waals surface area contributed by atoms with Crippen LogP contribution >= 0.6 is 0 Å². The number of carbonyl (C=O) groups is 1. The number of imidazole rings is 1. The number of aromatic hydroxyl groups is 1. The second kappa shape index (κ2) is 8.94. The highest BCUT2D eigenvalue weighted by Crippen LogP contribution is 2.35. The Bertz CT molecular complexity index is 1540. The van der Waals surface area contributed by atoms with E-state index < -0.39 is 0 Å². The van der Waals surface area contributed by atoms with Crippen LogP contribution in [0.3, 0.4) is 0 Å². The van der Waals surface area contributed by atoms with Gasteiger partial charge in [0.25, 0.3) is 5.91 Å². The molecule has 0 spiro atoms. The molecule has 2 aromatic carbocycles. The zero-order chi connectivity index (χ0) is 24.5. The Balaban J connectivity index is 1.48. The molecule has 0 saturated heterocycles. The van der Waals surface area contributed by atoms with Crippen molar-refractivity contribution in [1.82, 2.24) is 24.7 Å². The van der Waals surface area contributed by atoms with E-state index in [0.717, 1.165) is 11.1 Å². The number of rotatable bonds is 6. The Hall–Kier alpha value is -4.66. The third kappa shape index (κ3) is 4.19. The molecule has 9 heteroatoms. The molecule has 0 atom stereocenters. The summed E-state index contributed by atoms with van der Waals surface area (Å²) in [5.74, 6) is 1.43. The lowest BCUT2D eigenvalue weighted by molar-refractivity contribution is 0.102. The van der Waals surface area contributed by atoms with Crippen LogP contribution in [0.5, 0.6) is 11.6 Å². The van der Waals surface area contributed by atoms with Crippen LogP contribution in [0.2, 0.25) is 0 Å². The number of anilines is 1. The lowest BCUT2D eigenvalue weighted by Gasteiger charge is -2.11. The number of fused-ring (bicyclic) bond motifs is 1. The van der Waals surface area contributed by atoms with Crippen LogP contribution in [0.1, 0.15) is 30.2 Å². The first-order valence-electron chi connectivity index (χ1n) is 11.1. The first-order valence-corrected chi connectivity index (χ1v) is 11.1. The molecule has 9 nitrogen and oxygen atoms in total. The van der Waals surface area contributed by atoms with Crippen molar-refractivity contribution in [3.05, 3.63) is 72.6 Å². The van der Waals surface area contributed by atoms with Gasteiger partial charge in [-0.1, -0.05) is 6.07 Å². The summed E-state index contributed by atoms with van der Waals surface area (Å²) in [7, 11) is 1.57. The molecule has 5 rings (SSSR count). The maximum Gasteiger partial charge on any atom is 0.256 e. The normalized spacial score (nSPS) is 11.2. The number of hydrogen-bond acceptors (Lipinski definition) is 6. The Morgan fingerprint density at radius 3 is 2.74 bits per heavy atom. The summed E-state index contributed by atoms with van der Waals surface area (Å²) in [5.41, 5.74) is 3.97. The number of benzene rings is 2. The fraction of sp³-hybridized carbons (Fsp3) is 0.154. The molecular formula is C26H24N6O3. The van der Waals surface area contributed by atoms with Crippen LogP contribution in [0.15, 0.2) is 67.0 Å². The van der Waals surface area contributed by atoms with Crippen LogP contribution in [-0.2, 0) is 0 Å². The van der Waals surface area contributed by atoms with Gasteiger partial charge in [-0.25, -0.2) is 14.6 Å². The Labute approximate surface area is 201 Å². The molecule has 0 aliphatic rings. The molecule has 3 heterocycles. The number of carbonyl (C=O) groups excluding carboxylic acids is 1. The maximum absolute atomic E-state index is 12.9. The average molecular weight is 469 g/mol. The number of hydrogen-bond donors (Lipinski definition) is 3. The van der Waals surface area contributed by atoms with Crippen molar-refractivity contribution in [2.45, 2.75) is 19.9 Å². The number of methoxy groups -OCH3 is 1. The third-order valence-corrected chi connectivity index (χ3v) is 5.67. The predicted octanol–water partition coefficient (Wildman–Crippen LogP) is 5.04. The van der Waals surface area contributed by atoms with E-state index in [4.69, 9.17) is 4.74 Å². The smallest absolute Gasteiger partial charge is 0.256 e. The molecule has 35 heavy (non-hydrogen) atoms. The number of aromatic nitrogens is 5. The van der Waals surface area contributed by atoms with E-state index in [-0.39, 0.29) is 17.7 Å². The van der Waals surface area contributed by atoms with E-state index in [1.54, 1.807) is 60.6 Å². The van der Waals surface area contributed by atoms with Crippen LogP contribution in [0.4, 0.5) is 5.82 Å². The zero-order valence-electron chi connectivity index (χ0n) is 19.5. The zero-order valence-corrected chi connectivity index (χ0v) is 19.5. The SMILES string of the molecule is COc1ncccc1-c1ccc(O)c(-c2nc3ccc(C(=O)Nc4ccnn4C(C)C)cc3[nH]2)c1. The van der Waals surface area contributed by atoms with Crippen molar-refractivity contribution < 1.29 is 14.6 Å². The second-order valence-corrected chi connectivity index (χ2v) is 8.32. The van der Waals surface area contributed by atoms with Crippen LogP contribution in [0, 0.1) is 0 Å². The number of phenols is 1. The molecular weight excluding hydrogens is 444 g/mol. The predicted molar refractivity (Wildman–Crippen MR) is 134 cm³/mol. The number of nitrogens with zero attached hydrogens (tertiary/aromatic N) is 4. The largest absolute Gasteiger partial charge is 0.507 e. The van der Waals surface area contributed by atoms with Gasteiger partial charge in [0, 0.05) is 29.4 Å². The summed E-state index contributed by atoms with van der Waals surface area (Å²) in [6.07, 6.45) is 3.31. The molecule has 0 fully saturated rings. The van der Waals surface area contributed by atoms with E-state index in [2.05, 4.69) is 25.4 Å². The molecule has 0 saturated carbocycles. The summed E-state index contributed by atoms with van der Waals surface area (Å²) < 4.78 is 7.12. The van der Waals surface area contributed by atoms with Crippen molar-refractivity contribution in [2.24, 2.45) is 0 Å². The second-order valence-electron chi connectivity index (χ2n) is 8.32. The van der Waals surface area contributed by atoms with Gasteiger partial charge in [0.1, 0.15) is 17.4 Å². The topological polar surface area (TPSA) is 118 Å². The van der Waals surface area contributed by atoms with Gasteiger partial charge in [-0.3, -0.25) is 4.79 Å². The maximum atomic E-state index is 12.9. The van der Waals surface area contributed by atoms with Gasteiger partial charge in [0.2, 0.25) is 5.88 Å². The molecule has 0 aliphatic carbocycles. The molecule has 5 aromatic rings. The Kier molecular flexibility index (Phi) is 5.66. The number of phenolic OH excluding ortho intramolecular Hbond substituents is 1. The summed E-state index contributed by atoms with van der Waals surface area (Å²) in [4.78, 5) is 25.0. The monoisotopic (exact) mass is 468 g/mol. The molecule has 3 aromatic heterocycles. The molecule has 0 unspecified atom stereocenters. The minimum absolute atomic E-state index is 0.0792. The minimum Gasteiger partial charge on any atom is -0.507 e.